The quantitative estimate of drug-likeness (QED) is 0.771. The third kappa shape index (κ3) is 3.64. The summed E-state index contributed by atoms with van der Waals surface area (Å²) in [5.41, 5.74) is 0.174. The number of esters is 1. The summed E-state index contributed by atoms with van der Waals surface area (Å²) in [4.78, 5) is 19.2. The highest BCUT2D eigenvalue weighted by Gasteiger charge is 2.23. The molecule has 2 unspecified atom stereocenters. The van der Waals surface area contributed by atoms with Gasteiger partial charge in [-0.1, -0.05) is 0 Å². The Morgan fingerprint density at radius 2 is 2.00 bits per heavy atom. The number of hydrogen-bond acceptors (Lipinski definition) is 6. The summed E-state index contributed by atoms with van der Waals surface area (Å²) in [5.74, 6) is -0.0782. The summed E-state index contributed by atoms with van der Waals surface area (Å²) < 4.78 is 15.7. The SMILES string of the molecule is COC(=O)c1cnc(OC2CCCC(OC)C2)cn1. The molecule has 1 aliphatic carbocycles. The van der Waals surface area contributed by atoms with E-state index in [0.29, 0.717) is 5.88 Å². The second-order valence-electron chi connectivity index (χ2n) is 4.50. The van der Waals surface area contributed by atoms with E-state index in [9.17, 15) is 4.79 Å². The molecule has 0 aliphatic heterocycles. The van der Waals surface area contributed by atoms with Crippen LogP contribution in [0.5, 0.6) is 5.88 Å². The number of aromatic nitrogens is 2. The largest absolute Gasteiger partial charge is 0.473 e. The van der Waals surface area contributed by atoms with Crippen molar-refractivity contribution in [3.8, 4) is 5.88 Å². The number of nitrogens with zero attached hydrogens (tertiary/aromatic N) is 2. The van der Waals surface area contributed by atoms with Crippen molar-refractivity contribution in [3.05, 3.63) is 18.1 Å². The van der Waals surface area contributed by atoms with Gasteiger partial charge in [-0.15, -0.1) is 0 Å². The summed E-state index contributed by atoms with van der Waals surface area (Å²) >= 11 is 0. The first kappa shape index (κ1) is 13.7. The van der Waals surface area contributed by atoms with Crippen molar-refractivity contribution in [3.63, 3.8) is 0 Å². The molecular weight excluding hydrogens is 248 g/mol. The molecule has 1 saturated carbocycles. The van der Waals surface area contributed by atoms with Crippen molar-refractivity contribution in [1.82, 2.24) is 9.97 Å². The Morgan fingerprint density at radius 3 is 2.63 bits per heavy atom. The van der Waals surface area contributed by atoms with Crippen LogP contribution in [0.3, 0.4) is 0 Å². The van der Waals surface area contributed by atoms with Crippen molar-refractivity contribution < 1.29 is 19.0 Å². The molecule has 6 nitrogen and oxygen atoms in total. The van der Waals surface area contributed by atoms with E-state index >= 15 is 0 Å². The lowest BCUT2D eigenvalue weighted by Crippen LogP contribution is -2.29. The fraction of sp³-hybridized carbons (Fsp3) is 0.615. The van der Waals surface area contributed by atoms with Crippen molar-refractivity contribution in [1.29, 1.82) is 0 Å². The zero-order valence-corrected chi connectivity index (χ0v) is 11.2. The van der Waals surface area contributed by atoms with Crippen molar-refractivity contribution in [2.45, 2.75) is 37.9 Å². The molecule has 2 rings (SSSR count). The molecule has 104 valence electrons. The van der Waals surface area contributed by atoms with Gasteiger partial charge in [-0.3, -0.25) is 0 Å². The first-order valence-corrected chi connectivity index (χ1v) is 6.32. The van der Waals surface area contributed by atoms with Crippen LogP contribution in [0, 0.1) is 0 Å². The molecular formula is C13H18N2O4. The predicted molar refractivity (Wildman–Crippen MR) is 67.1 cm³/mol. The van der Waals surface area contributed by atoms with E-state index < -0.39 is 5.97 Å². The molecule has 1 heterocycles. The lowest BCUT2D eigenvalue weighted by atomic mass is 9.95. The molecule has 2 atom stereocenters. The van der Waals surface area contributed by atoms with Crippen LogP contribution in [0.25, 0.3) is 0 Å². The number of ether oxygens (including phenoxy) is 3. The van der Waals surface area contributed by atoms with Gasteiger partial charge in [0.15, 0.2) is 5.69 Å². The molecule has 1 fully saturated rings. The molecule has 0 aromatic carbocycles. The Bertz CT molecular complexity index is 421. The van der Waals surface area contributed by atoms with E-state index in [-0.39, 0.29) is 17.9 Å². The summed E-state index contributed by atoms with van der Waals surface area (Å²) in [5, 5.41) is 0. The van der Waals surface area contributed by atoms with Crippen LogP contribution in [0.1, 0.15) is 36.2 Å². The Morgan fingerprint density at radius 1 is 1.21 bits per heavy atom. The average molecular weight is 266 g/mol. The van der Waals surface area contributed by atoms with Crippen LogP contribution in [-0.2, 0) is 9.47 Å². The van der Waals surface area contributed by atoms with Gasteiger partial charge >= 0.3 is 5.97 Å². The van der Waals surface area contributed by atoms with Gasteiger partial charge in [0, 0.05) is 13.5 Å². The standard InChI is InChI=1S/C13H18N2O4/c1-17-9-4-3-5-10(6-9)19-12-8-14-11(7-15-12)13(16)18-2/h7-10H,3-6H2,1-2H3. The van der Waals surface area contributed by atoms with Gasteiger partial charge in [-0.25, -0.2) is 14.8 Å². The highest BCUT2D eigenvalue weighted by Crippen LogP contribution is 2.24. The normalized spacial score (nSPS) is 22.8. The van der Waals surface area contributed by atoms with E-state index in [0.717, 1.165) is 25.7 Å². The first-order chi connectivity index (χ1) is 9.22. The lowest BCUT2D eigenvalue weighted by molar-refractivity contribution is 0.0193. The van der Waals surface area contributed by atoms with Crippen LogP contribution >= 0.6 is 0 Å². The van der Waals surface area contributed by atoms with Crippen LogP contribution < -0.4 is 4.74 Å². The van der Waals surface area contributed by atoms with Crippen LogP contribution in [0.4, 0.5) is 0 Å². The monoisotopic (exact) mass is 266 g/mol. The molecule has 0 radical (unpaired) electrons. The molecule has 1 aliphatic rings. The number of hydrogen-bond donors (Lipinski definition) is 0. The first-order valence-electron chi connectivity index (χ1n) is 6.32. The molecule has 6 heteroatoms. The number of methoxy groups -OCH3 is 2. The molecule has 0 N–H and O–H groups in total. The second-order valence-corrected chi connectivity index (χ2v) is 4.50. The minimum Gasteiger partial charge on any atom is -0.473 e. The maximum atomic E-state index is 11.2. The number of carbonyl (C=O) groups excluding carboxylic acids is 1. The zero-order valence-electron chi connectivity index (χ0n) is 11.2. The second kappa shape index (κ2) is 6.47. The van der Waals surface area contributed by atoms with Gasteiger partial charge in [0.1, 0.15) is 6.10 Å². The molecule has 0 saturated heterocycles. The number of carbonyl (C=O) groups is 1. The fourth-order valence-electron chi connectivity index (χ4n) is 2.18. The third-order valence-corrected chi connectivity index (χ3v) is 3.22. The summed E-state index contributed by atoms with van der Waals surface area (Å²) in [6, 6.07) is 0. The van der Waals surface area contributed by atoms with E-state index in [2.05, 4.69) is 14.7 Å². The van der Waals surface area contributed by atoms with Gasteiger partial charge in [-0.05, 0) is 19.3 Å². The van der Waals surface area contributed by atoms with Crippen LogP contribution in [-0.4, -0.2) is 42.4 Å². The lowest BCUT2D eigenvalue weighted by Gasteiger charge is -2.28. The molecule has 1 aromatic rings. The molecule has 1 aromatic heterocycles. The molecule has 19 heavy (non-hydrogen) atoms. The van der Waals surface area contributed by atoms with Gasteiger partial charge in [0.25, 0.3) is 0 Å². The van der Waals surface area contributed by atoms with E-state index in [4.69, 9.17) is 9.47 Å². The zero-order chi connectivity index (χ0) is 13.7. The van der Waals surface area contributed by atoms with Crippen molar-refractivity contribution >= 4 is 5.97 Å². The Balaban J connectivity index is 1.94. The van der Waals surface area contributed by atoms with Crippen LogP contribution in [0.15, 0.2) is 12.4 Å². The van der Waals surface area contributed by atoms with Crippen molar-refractivity contribution in [2.24, 2.45) is 0 Å². The average Bonchev–Trinajstić information content (AvgIpc) is 2.47. The third-order valence-electron chi connectivity index (χ3n) is 3.22. The topological polar surface area (TPSA) is 70.5 Å². The molecule has 0 amide bonds. The van der Waals surface area contributed by atoms with Crippen molar-refractivity contribution in [2.75, 3.05) is 14.2 Å². The minimum atomic E-state index is -0.504. The summed E-state index contributed by atoms with van der Waals surface area (Å²) in [7, 11) is 3.03. The van der Waals surface area contributed by atoms with E-state index in [1.165, 1.54) is 19.5 Å². The maximum Gasteiger partial charge on any atom is 0.358 e. The summed E-state index contributed by atoms with van der Waals surface area (Å²) in [6.45, 7) is 0. The molecule has 0 bridgehead atoms. The predicted octanol–water partition coefficient (Wildman–Crippen LogP) is 1.60. The van der Waals surface area contributed by atoms with Crippen LogP contribution in [0.2, 0.25) is 0 Å². The smallest absolute Gasteiger partial charge is 0.358 e. The Kier molecular flexibility index (Phi) is 4.68. The Labute approximate surface area is 112 Å². The van der Waals surface area contributed by atoms with Gasteiger partial charge in [0.05, 0.1) is 25.6 Å². The minimum absolute atomic E-state index is 0.0944. The number of rotatable bonds is 4. The van der Waals surface area contributed by atoms with E-state index in [1.54, 1.807) is 7.11 Å². The van der Waals surface area contributed by atoms with E-state index in [1.807, 2.05) is 0 Å². The summed E-state index contributed by atoms with van der Waals surface area (Å²) in [6.07, 6.45) is 7.15. The fourth-order valence-corrected chi connectivity index (χ4v) is 2.18. The highest BCUT2D eigenvalue weighted by atomic mass is 16.5. The highest BCUT2D eigenvalue weighted by molar-refractivity contribution is 5.86. The van der Waals surface area contributed by atoms with Gasteiger partial charge in [-0.2, -0.15) is 0 Å². The van der Waals surface area contributed by atoms with Gasteiger partial charge < -0.3 is 14.2 Å². The molecule has 0 spiro atoms. The van der Waals surface area contributed by atoms with Gasteiger partial charge in [0.2, 0.25) is 5.88 Å². The maximum absolute atomic E-state index is 11.2. The Hall–Kier alpha value is -1.69.